The van der Waals surface area contributed by atoms with Gasteiger partial charge in [-0.05, 0) is 20.3 Å². The molecule has 1 aliphatic heterocycles. The van der Waals surface area contributed by atoms with Crippen LogP contribution in [-0.4, -0.2) is 28.9 Å². The number of rotatable bonds is 2. The summed E-state index contributed by atoms with van der Waals surface area (Å²) in [6, 6.07) is 0. The lowest BCUT2D eigenvalue weighted by Gasteiger charge is -2.37. The summed E-state index contributed by atoms with van der Waals surface area (Å²) in [6.07, 6.45) is 1.10. The zero-order valence-corrected chi connectivity index (χ0v) is 8.28. The molecule has 0 aromatic heterocycles. The van der Waals surface area contributed by atoms with Crippen LogP contribution in [0.25, 0.3) is 0 Å². The van der Waals surface area contributed by atoms with E-state index in [0.29, 0.717) is 0 Å². The lowest BCUT2D eigenvalue weighted by molar-refractivity contribution is -0.140. The molecule has 0 saturated carbocycles. The summed E-state index contributed by atoms with van der Waals surface area (Å²) in [5.41, 5.74) is 4.80. The van der Waals surface area contributed by atoms with Gasteiger partial charge in [0.05, 0.1) is 10.4 Å². The maximum Gasteiger partial charge on any atom is 0.235 e. The highest BCUT2D eigenvalue weighted by Gasteiger charge is 2.36. The van der Waals surface area contributed by atoms with Gasteiger partial charge in [-0.25, -0.2) is 0 Å². The SMILES string of the molecule is CC(C)(C(=O)N1CCC1)C(N)=S. The smallest absolute Gasteiger partial charge is 0.235 e. The number of nitrogens with two attached hydrogens (primary N) is 1. The Kier molecular flexibility index (Phi) is 2.37. The Bertz CT molecular complexity index is 221. The highest BCUT2D eigenvalue weighted by molar-refractivity contribution is 7.80. The third kappa shape index (κ3) is 1.43. The van der Waals surface area contributed by atoms with Crippen LogP contribution in [0.1, 0.15) is 20.3 Å². The lowest BCUT2D eigenvalue weighted by Crippen LogP contribution is -2.52. The Morgan fingerprint density at radius 1 is 1.50 bits per heavy atom. The minimum absolute atomic E-state index is 0.0567. The van der Waals surface area contributed by atoms with Gasteiger partial charge in [0.2, 0.25) is 5.91 Å². The average Bonchev–Trinajstić information content (AvgIpc) is 1.83. The number of amides is 1. The molecule has 2 N–H and O–H groups in total. The maximum absolute atomic E-state index is 11.6. The molecule has 0 aromatic carbocycles. The normalized spacial score (nSPS) is 17.0. The lowest BCUT2D eigenvalue weighted by atomic mass is 9.90. The first-order chi connectivity index (χ1) is 5.46. The number of likely N-dealkylation sites (tertiary alicyclic amines) is 1. The molecule has 68 valence electrons. The molecule has 1 aliphatic rings. The number of hydrogen-bond donors (Lipinski definition) is 1. The van der Waals surface area contributed by atoms with Crippen molar-refractivity contribution < 1.29 is 4.79 Å². The van der Waals surface area contributed by atoms with Crippen molar-refractivity contribution in [3.8, 4) is 0 Å². The zero-order valence-electron chi connectivity index (χ0n) is 7.46. The van der Waals surface area contributed by atoms with Crippen molar-refractivity contribution in [2.24, 2.45) is 11.1 Å². The number of carbonyl (C=O) groups excluding carboxylic acids is 1. The molecule has 1 saturated heterocycles. The van der Waals surface area contributed by atoms with E-state index in [0.717, 1.165) is 19.5 Å². The van der Waals surface area contributed by atoms with E-state index in [4.69, 9.17) is 18.0 Å². The predicted molar refractivity (Wildman–Crippen MR) is 51.8 cm³/mol. The molecular formula is C8H14N2OS. The number of hydrogen-bond acceptors (Lipinski definition) is 2. The Balaban J connectivity index is 2.66. The fourth-order valence-corrected chi connectivity index (χ4v) is 1.11. The summed E-state index contributed by atoms with van der Waals surface area (Å²) >= 11 is 4.83. The Morgan fingerprint density at radius 3 is 2.25 bits per heavy atom. The molecule has 0 spiro atoms. The van der Waals surface area contributed by atoms with E-state index < -0.39 is 5.41 Å². The highest BCUT2D eigenvalue weighted by Crippen LogP contribution is 2.22. The van der Waals surface area contributed by atoms with Crippen molar-refractivity contribution in [2.45, 2.75) is 20.3 Å². The van der Waals surface area contributed by atoms with Gasteiger partial charge >= 0.3 is 0 Å². The van der Waals surface area contributed by atoms with Crippen LogP contribution in [0.3, 0.4) is 0 Å². The van der Waals surface area contributed by atoms with Gasteiger partial charge in [-0.3, -0.25) is 4.79 Å². The average molecular weight is 186 g/mol. The minimum atomic E-state index is -0.671. The first-order valence-electron chi connectivity index (χ1n) is 4.05. The van der Waals surface area contributed by atoms with Crippen molar-refractivity contribution in [3.63, 3.8) is 0 Å². The Labute approximate surface area is 77.9 Å². The van der Waals surface area contributed by atoms with Crippen molar-refractivity contribution >= 4 is 23.1 Å². The van der Waals surface area contributed by atoms with Gasteiger partial charge in [0.1, 0.15) is 0 Å². The second-order valence-electron chi connectivity index (χ2n) is 3.64. The minimum Gasteiger partial charge on any atom is -0.392 e. The van der Waals surface area contributed by atoms with E-state index in [2.05, 4.69) is 0 Å². The number of nitrogens with zero attached hydrogens (tertiary/aromatic N) is 1. The molecule has 1 rings (SSSR count). The number of thiocarbonyl (C=S) groups is 1. The van der Waals surface area contributed by atoms with E-state index >= 15 is 0 Å². The summed E-state index contributed by atoms with van der Waals surface area (Å²) in [4.78, 5) is 13.7. The fraction of sp³-hybridized carbons (Fsp3) is 0.750. The van der Waals surface area contributed by atoms with Crippen LogP contribution in [0.15, 0.2) is 0 Å². The van der Waals surface area contributed by atoms with E-state index in [1.165, 1.54) is 0 Å². The molecule has 1 amide bonds. The first-order valence-corrected chi connectivity index (χ1v) is 4.46. The van der Waals surface area contributed by atoms with Crippen molar-refractivity contribution in [1.82, 2.24) is 4.90 Å². The van der Waals surface area contributed by atoms with Gasteiger partial charge in [-0.1, -0.05) is 12.2 Å². The van der Waals surface area contributed by atoms with Crippen LogP contribution in [-0.2, 0) is 4.79 Å². The summed E-state index contributed by atoms with van der Waals surface area (Å²) in [5.74, 6) is 0.0567. The second kappa shape index (κ2) is 3.01. The van der Waals surface area contributed by atoms with Crippen molar-refractivity contribution in [1.29, 1.82) is 0 Å². The molecule has 4 heteroatoms. The van der Waals surface area contributed by atoms with Gasteiger partial charge in [-0.2, -0.15) is 0 Å². The maximum atomic E-state index is 11.6. The van der Waals surface area contributed by atoms with Gasteiger partial charge in [0.15, 0.2) is 0 Å². The molecule has 1 heterocycles. The molecule has 0 aromatic rings. The van der Waals surface area contributed by atoms with Gasteiger partial charge in [0, 0.05) is 13.1 Å². The van der Waals surface area contributed by atoms with E-state index in [1.807, 2.05) is 0 Å². The molecule has 0 bridgehead atoms. The molecular weight excluding hydrogens is 172 g/mol. The molecule has 0 atom stereocenters. The monoisotopic (exact) mass is 186 g/mol. The van der Waals surface area contributed by atoms with E-state index in [9.17, 15) is 4.79 Å². The molecule has 0 radical (unpaired) electrons. The third-order valence-corrected chi connectivity index (χ3v) is 2.80. The summed E-state index contributed by atoms with van der Waals surface area (Å²) in [6.45, 7) is 5.25. The van der Waals surface area contributed by atoms with Crippen LogP contribution in [0.4, 0.5) is 0 Å². The zero-order chi connectivity index (χ0) is 9.35. The highest BCUT2D eigenvalue weighted by atomic mass is 32.1. The van der Waals surface area contributed by atoms with Crippen LogP contribution in [0.5, 0.6) is 0 Å². The molecule has 0 unspecified atom stereocenters. The topological polar surface area (TPSA) is 46.3 Å². The summed E-state index contributed by atoms with van der Waals surface area (Å²) < 4.78 is 0. The van der Waals surface area contributed by atoms with E-state index in [1.54, 1.807) is 18.7 Å². The van der Waals surface area contributed by atoms with Gasteiger partial charge < -0.3 is 10.6 Å². The van der Waals surface area contributed by atoms with Crippen LogP contribution in [0, 0.1) is 5.41 Å². The molecule has 1 fully saturated rings. The van der Waals surface area contributed by atoms with Crippen LogP contribution >= 0.6 is 12.2 Å². The largest absolute Gasteiger partial charge is 0.392 e. The third-order valence-electron chi connectivity index (χ3n) is 2.29. The van der Waals surface area contributed by atoms with Crippen molar-refractivity contribution in [3.05, 3.63) is 0 Å². The molecule has 12 heavy (non-hydrogen) atoms. The quantitative estimate of drug-likeness (QED) is 0.640. The first kappa shape index (κ1) is 9.45. The molecule has 0 aliphatic carbocycles. The van der Waals surface area contributed by atoms with Crippen molar-refractivity contribution in [2.75, 3.05) is 13.1 Å². The Hall–Kier alpha value is -0.640. The number of carbonyl (C=O) groups is 1. The van der Waals surface area contributed by atoms with Crippen LogP contribution < -0.4 is 5.73 Å². The molecule has 3 nitrogen and oxygen atoms in total. The standard InChI is InChI=1S/C8H14N2OS/c1-8(2,6(9)12)7(11)10-4-3-5-10/h3-5H2,1-2H3,(H2,9,12). The second-order valence-corrected chi connectivity index (χ2v) is 4.07. The Morgan fingerprint density at radius 2 is 2.00 bits per heavy atom. The summed E-state index contributed by atoms with van der Waals surface area (Å²) in [5, 5.41) is 0. The summed E-state index contributed by atoms with van der Waals surface area (Å²) in [7, 11) is 0. The van der Waals surface area contributed by atoms with E-state index in [-0.39, 0.29) is 10.9 Å². The van der Waals surface area contributed by atoms with Gasteiger partial charge in [0.25, 0.3) is 0 Å². The predicted octanol–water partition coefficient (Wildman–Crippen LogP) is 0.531. The fourth-order valence-electron chi connectivity index (χ4n) is 1.02. The van der Waals surface area contributed by atoms with Crippen LogP contribution in [0.2, 0.25) is 0 Å². The van der Waals surface area contributed by atoms with Gasteiger partial charge in [-0.15, -0.1) is 0 Å².